The van der Waals surface area contributed by atoms with Crippen molar-refractivity contribution < 1.29 is 4.74 Å². The first-order chi connectivity index (χ1) is 9.24. The number of aromatic nitrogens is 1. The molecule has 0 saturated carbocycles. The molecule has 0 bridgehead atoms. The Balaban J connectivity index is 2.30. The number of pyridine rings is 1. The van der Waals surface area contributed by atoms with Crippen molar-refractivity contribution in [2.45, 2.75) is 19.9 Å². The van der Waals surface area contributed by atoms with Gasteiger partial charge in [-0.3, -0.25) is 4.98 Å². The van der Waals surface area contributed by atoms with Crippen LogP contribution in [0.15, 0.2) is 36.7 Å². The fraction of sp³-hybridized carbons (Fsp3) is 0.267. The molecule has 0 atom stereocenters. The number of hydrogen-bond donors (Lipinski definition) is 1. The molecule has 4 heteroatoms. The van der Waals surface area contributed by atoms with Gasteiger partial charge in [0.05, 0.1) is 12.8 Å². The fourth-order valence-electron chi connectivity index (χ4n) is 1.78. The van der Waals surface area contributed by atoms with Crippen molar-refractivity contribution in [2.24, 2.45) is 5.73 Å². The molecule has 0 spiro atoms. The van der Waals surface area contributed by atoms with E-state index in [9.17, 15) is 0 Å². The van der Waals surface area contributed by atoms with Gasteiger partial charge in [0.1, 0.15) is 5.75 Å². The Morgan fingerprint density at radius 1 is 1.26 bits per heavy atom. The molecule has 0 radical (unpaired) electrons. The number of hydrogen-bond acceptors (Lipinski definition) is 3. The van der Waals surface area contributed by atoms with Crippen LogP contribution >= 0.6 is 11.6 Å². The smallest absolute Gasteiger partial charge is 0.138 e. The molecule has 2 N–H and O–H groups in total. The predicted octanol–water partition coefficient (Wildman–Crippen LogP) is 3.65. The van der Waals surface area contributed by atoms with Crippen molar-refractivity contribution in [1.29, 1.82) is 0 Å². The van der Waals surface area contributed by atoms with Gasteiger partial charge >= 0.3 is 0 Å². The van der Waals surface area contributed by atoms with Crippen LogP contribution in [0.1, 0.15) is 18.9 Å². The highest BCUT2D eigenvalue weighted by Gasteiger charge is 2.06. The highest BCUT2D eigenvalue weighted by Crippen LogP contribution is 2.30. The lowest BCUT2D eigenvalue weighted by molar-refractivity contribution is 0.316. The maximum Gasteiger partial charge on any atom is 0.138 e. The van der Waals surface area contributed by atoms with E-state index < -0.39 is 0 Å². The second-order valence-corrected chi connectivity index (χ2v) is 4.68. The van der Waals surface area contributed by atoms with Crippen LogP contribution in [-0.2, 0) is 6.54 Å². The molecule has 0 aliphatic heterocycles. The predicted molar refractivity (Wildman–Crippen MR) is 78.4 cm³/mol. The largest absolute Gasteiger partial charge is 0.492 e. The third kappa shape index (κ3) is 3.46. The maximum absolute atomic E-state index is 6.28. The van der Waals surface area contributed by atoms with Crippen LogP contribution in [-0.4, -0.2) is 11.6 Å². The molecule has 3 nitrogen and oxygen atoms in total. The molecule has 2 aromatic rings. The average molecular weight is 277 g/mol. The fourth-order valence-corrected chi connectivity index (χ4v) is 2.10. The summed E-state index contributed by atoms with van der Waals surface area (Å²) in [6.07, 6.45) is 4.46. The Morgan fingerprint density at radius 2 is 2.11 bits per heavy atom. The molecule has 0 fully saturated rings. The first kappa shape index (κ1) is 13.8. The molecule has 2 rings (SSSR count). The van der Waals surface area contributed by atoms with E-state index >= 15 is 0 Å². The van der Waals surface area contributed by atoms with E-state index in [1.807, 2.05) is 24.3 Å². The molecular weight excluding hydrogens is 260 g/mol. The molecule has 0 aliphatic rings. The Kier molecular flexibility index (Phi) is 4.77. The third-order valence-corrected chi connectivity index (χ3v) is 3.08. The topological polar surface area (TPSA) is 48.1 Å². The van der Waals surface area contributed by atoms with Crippen LogP contribution in [0.2, 0.25) is 5.02 Å². The summed E-state index contributed by atoms with van der Waals surface area (Å²) in [5, 5.41) is 0.678. The van der Waals surface area contributed by atoms with Crippen molar-refractivity contribution in [2.75, 3.05) is 6.61 Å². The summed E-state index contributed by atoms with van der Waals surface area (Å²) < 4.78 is 5.58. The van der Waals surface area contributed by atoms with Gasteiger partial charge in [-0.2, -0.15) is 0 Å². The Labute approximate surface area is 118 Å². The van der Waals surface area contributed by atoms with E-state index in [2.05, 4.69) is 11.9 Å². The number of ether oxygens (including phenoxy) is 1. The summed E-state index contributed by atoms with van der Waals surface area (Å²) in [5.74, 6) is 0.762. The van der Waals surface area contributed by atoms with Gasteiger partial charge < -0.3 is 10.5 Å². The zero-order valence-corrected chi connectivity index (χ0v) is 11.7. The number of benzene rings is 1. The molecule has 0 amide bonds. The standard InChI is InChI=1S/C15H17ClN2O/c1-2-5-19-13-7-12(9-18-10-13)14-4-3-11(8-17)6-15(14)16/h3-4,6-7,9-10H,2,5,8,17H2,1H3. The van der Waals surface area contributed by atoms with Crippen LogP contribution < -0.4 is 10.5 Å². The minimum atomic E-state index is 0.484. The molecule has 1 aromatic carbocycles. The van der Waals surface area contributed by atoms with E-state index in [0.29, 0.717) is 18.2 Å². The van der Waals surface area contributed by atoms with E-state index in [1.165, 1.54) is 0 Å². The third-order valence-electron chi connectivity index (χ3n) is 2.77. The Morgan fingerprint density at radius 3 is 2.79 bits per heavy atom. The normalized spacial score (nSPS) is 10.5. The lowest BCUT2D eigenvalue weighted by Crippen LogP contribution is -1.97. The van der Waals surface area contributed by atoms with Crippen LogP contribution in [0.3, 0.4) is 0 Å². The van der Waals surface area contributed by atoms with Crippen molar-refractivity contribution in [3.05, 3.63) is 47.2 Å². The lowest BCUT2D eigenvalue weighted by atomic mass is 10.1. The highest BCUT2D eigenvalue weighted by atomic mass is 35.5. The van der Waals surface area contributed by atoms with E-state index in [4.69, 9.17) is 22.1 Å². The number of nitrogens with zero attached hydrogens (tertiary/aromatic N) is 1. The number of rotatable bonds is 5. The van der Waals surface area contributed by atoms with Gasteiger partial charge in [-0.15, -0.1) is 0 Å². The average Bonchev–Trinajstić information content (AvgIpc) is 2.45. The molecule has 1 heterocycles. The molecule has 19 heavy (non-hydrogen) atoms. The van der Waals surface area contributed by atoms with E-state index in [1.54, 1.807) is 12.4 Å². The lowest BCUT2D eigenvalue weighted by Gasteiger charge is -2.09. The first-order valence-corrected chi connectivity index (χ1v) is 6.69. The molecule has 0 unspecified atom stereocenters. The van der Waals surface area contributed by atoms with E-state index in [-0.39, 0.29) is 0 Å². The molecule has 100 valence electrons. The van der Waals surface area contributed by atoms with Crippen molar-refractivity contribution >= 4 is 11.6 Å². The van der Waals surface area contributed by atoms with Gasteiger partial charge in [-0.25, -0.2) is 0 Å². The van der Waals surface area contributed by atoms with Crippen molar-refractivity contribution in [1.82, 2.24) is 4.98 Å². The summed E-state index contributed by atoms with van der Waals surface area (Å²) in [4.78, 5) is 4.19. The van der Waals surface area contributed by atoms with Gasteiger partial charge in [0.2, 0.25) is 0 Å². The summed E-state index contributed by atoms with van der Waals surface area (Å²) in [7, 11) is 0. The molecule has 0 saturated heterocycles. The number of halogens is 1. The summed E-state index contributed by atoms with van der Waals surface area (Å²) in [6, 6.07) is 7.77. The summed E-state index contributed by atoms with van der Waals surface area (Å²) in [5.41, 5.74) is 8.49. The van der Waals surface area contributed by atoms with Gasteiger partial charge in [-0.1, -0.05) is 30.7 Å². The highest BCUT2D eigenvalue weighted by molar-refractivity contribution is 6.33. The van der Waals surface area contributed by atoms with Crippen LogP contribution in [0.25, 0.3) is 11.1 Å². The van der Waals surface area contributed by atoms with E-state index in [0.717, 1.165) is 28.9 Å². The van der Waals surface area contributed by atoms with Gasteiger partial charge in [0.15, 0.2) is 0 Å². The second kappa shape index (κ2) is 6.55. The maximum atomic E-state index is 6.28. The van der Waals surface area contributed by atoms with Gasteiger partial charge in [0, 0.05) is 28.9 Å². The first-order valence-electron chi connectivity index (χ1n) is 6.31. The van der Waals surface area contributed by atoms with Crippen LogP contribution in [0, 0.1) is 0 Å². The molecular formula is C15H17ClN2O. The number of nitrogens with two attached hydrogens (primary N) is 1. The minimum Gasteiger partial charge on any atom is -0.492 e. The summed E-state index contributed by atoms with van der Waals surface area (Å²) in [6.45, 7) is 3.24. The second-order valence-electron chi connectivity index (χ2n) is 4.28. The summed E-state index contributed by atoms with van der Waals surface area (Å²) >= 11 is 6.28. The zero-order chi connectivity index (χ0) is 13.7. The van der Waals surface area contributed by atoms with Crippen LogP contribution in [0.5, 0.6) is 5.75 Å². The Hall–Kier alpha value is -1.58. The van der Waals surface area contributed by atoms with Crippen molar-refractivity contribution in [3.63, 3.8) is 0 Å². The SMILES string of the molecule is CCCOc1cncc(-c2ccc(CN)cc2Cl)c1. The minimum absolute atomic E-state index is 0.484. The quantitative estimate of drug-likeness (QED) is 0.907. The van der Waals surface area contributed by atoms with Crippen LogP contribution in [0.4, 0.5) is 0 Å². The van der Waals surface area contributed by atoms with Crippen molar-refractivity contribution in [3.8, 4) is 16.9 Å². The molecule has 1 aromatic heterocycles. The monoisotopic (exact) mass is 276 g/mol. The zero-order valence-electron chi connectivity index (χ0n) is 10.9. The Bertz CT molecular complexity index is 558. The van der Waals surface area contributed by atoms with Gasteiger partial charge in [0.25, 0.3) is 0 Å². The van der Waals surface area contributed by atoms with Gasteiger partial charge in [-0.05, 0) is 24.1 Å². The molecule has 0 aliphatic carbocycles.